The first-order chi connectivity index (χ1) is 14.1. The van der Waals surface area contributed by atoms with Crippen LogP contribution in [0.3, 0.4) is 0 Å². The van der Waals surface area contributed by atoms with E-state index >= 15 is 0 Å². The van der Waals surface area contributed by atoms with Crippen molar-refractivity contribution >= 4 is 17.0 Å². The number of hydrogen-bond acceptors (Lipinski definition) is 7. The van der Waals surface area contributed by atoms with Gasteiger partial charge in [-0.05, 0) is 25.7 Å². The highest BCUT2D eigenvalue weighted by Crippen LogP contribution is 2.30. The number of carbonyl (C=O) groups is 1. The van der Waals surface area contributed by atoms with E-state index in [1.165, 1.54) is 43.4 Å². The Hall–Kier alpha value is -3.04. The predicted octanol–water partition coefficient (Wildman–Crippen LogP) is 2.92. The topological polar surface area (TPSA) is 96.9 Å². The fourth-order valence-electron chi connectivity index (χ4n) is 3.75. The van der Waals surface area contributed by atoms with Crippen molar-refractivity contribution in [1.82, 2.24) is 29.5 Å². The number of aromatic nitrogens is 6. The Morgan fingerprint density at radius 1 is 1.28 bits per heavy atom. The van der Waals surface area contributed by atoms with Crippen molar-refractivity contribution in [2.45, 2.75) is 45.6 Å². The fourth-order valence-corrected chi connectivity index (χ4v) is 3.75. The molecule has 0 amide bonds. The predicted molar refractivity (Wildman–Crippen MR) is 101 cm³/mol. The molecule has 0 unspecified atom stereocenters. The first kappa shape index (κ1) is 19.3. The molecule has 1 saturated carbocycles. The second-order valence-electron chi connectivity index (χ2n) is 7.10. The highest BCUT2D eigenvalue weighted by molar-refractivity contribution is 5.88. The van der Waals surface area contributed by atoms with Crippen LogP contribution in [0.2, 0.25) is 0 Å². The van der Waals surface area contributed by atoms with E-state index in [0.717, 1.165) is 12.8 Å². The third-order valence-corrected chi connectivity index (χ3v) is 5.15. The van der Waals surface area contributed by atoms with Crippen LogP contribution in [0.4, 0.5) is 4.39 Å². The number of halogens is 1. The molecule has 154 valence electrons. The molecule has 0 bridgehead atoms. The molecule has 3 aromatic rings. The van der Waals surface area contributed by atoms with Gasteiger partial charge in [-0.3, -0.25) is 4.68 Å². The molecule has 1 aliphatic carbocycles. The van der Waals surface area contributed by atoms with Crippen molar-refractivity contribution in [3.63, 3.8) is 0 Å². The number of fused-ring (bicyclic) bond motifs is 1. The number of hydrogen-bond donors (Lipinski definition) is 0. The van der Waals surface area contributed by atoms with Crippen molar-refractivity contribution in [2.24, 2.45) is 5.92 Å². The van der Waals surface area contributed by atoms with Crippen molar-refractivity contribution in [3.05, 3.63) is 23.9 Å². The maximum Gasteiger partial charge on any atom is 0.341 e. The summed E-state index contributed by atoms with van der Waals surface area (Å²) in [6, 6.07) is 0. The van der Waals surface area contributed by atoms with Crippen LogP contribution in [-0.4, -0.2) is 49.2 Å². The van der Waals surface area contributed by atoms with Crippen LogP contribution in [0.25, 0.3) is 17.0 Å². The first-order valence-corrected chi connectivity index (χ1v) is 9.81. The maximum atomic E-state index is 14.6. The number of ether oxygens (including phenoxy) is 2. The third-order valence-electron chi connectivity index (χ3n) is 5.15. The van der Waals surface area contributed by atoms with Crippen LogP contribution in [0, 0.1) is 11.9 Å². The summed E-state index contributed by atoms with van der Waals surface area (Å²) >= 11 is 0. The minimum Gasteiger partial charge on any atom is -0.479 e. The summed E-state index contributed by atoms with van der Waals surface area (Å²) in [7, 11) is 1.47. The molecule has 4 rings (SSSR count). The van der Waals surface area contributed by atoms with Gasteiger partial charge in [-0.2, -0.15) is 14.5 Å². The molecule has 3 heterocycles. The van der Waals surface area contributed by atoms with Gasteiger partial charge in [-0.15, -0.1) is 5.10 Å². The van der Waals surface area contributed by atoms with Gasteiger partial charge >= 0.3 is 5.97 Å². The van der Waals surface area contributed by atoms with Gasteiger partial charge in [0.15, 0.2) is 11.0 Å². The molecule has 1 fully saturated rings. The lowest BCUT2D eigenvalue weighted by atomic mass is 9.89. The van der Waals surface area contributed by atoms with Crippen molar-refractivity contribution < 1.29 is 18.7 Å². The molecule has 0 atom stereocenters. The molecular weight excluding hydrogens is 379 g/mol. The molecule has 0 aliphatic heterocycles. The average molecular weight is 402 g/mol. The normalized spacial score (nSPS) is 15.0. The van der Waals surface area contributed by atoms with Crippen LogP contribution in [0.5, 0.6) is 5.88 Å². The van der Waals surface area contributed by atoms with Gasteiger partial charge in [0.25, 0.3) is 11.9 Å². The summed E-state index contributed by atoms with van der Waals surface area (Å²) in [6.45, 7) is 2.58. The molecular formula is C19H23FN6O3. The third kappa shape index (κ3) is 3.79. The number of esters is 1. The van der Waals surface area contributed by atoms with Gasteiger partial charge in [0.2, 0.25) is 5.88 Å². The quantitative estimate of drug-likeness (QED) is 0.585. The van der Waals surface area contributed by atoms with Gasteiger partial charge in [-0.1, -0.05) is 19.3 Å². The summed E-state index contributed by atoms with van der Waals surface area (Å²) < 4.78 is 27.9. The smallest absolute Gasteiger partial charge is 0.341 e. The number of carbonyl (C=O) groups excluding carboxylic acids is 1. The summed E-state index contributed by atoms with van der Waals surface area (Å²) in [5.41, 5.74) is 0.746. The van der Waals surface area contributed by atoms with Gasteiger partial charge in [0.05, 0.1) is 25.5 Å². The van der Waals surface area contributed by atoms with E-state index in [2.05, 4.69) is 20.2 Å². The van der Waals surface area contributed by atoms with Crippen molar-refractivity contribution in [3.8, 4) is 11.8 Å². The first-order valence-electron chi connectivity index (χ1n) is 9.81. The average Bonchev–Trinajstić information content (AvgIpc) is 3.34. The van der Waals surface area contributed by atoms with Crippen LogP contribution < -0.4 is 4.74 Å². The largest absolute Gasteiger partial charge is 0.479 e. The summed E-state index contributed by atoms with van der Waals surface area (Å²) in [6.07, 6.45) is 8.61. The Balaban J connectivity index is 1.71. The van der Waals surface area contributed by atoms with E-state index in [4.69, 9.17) is 9.47 Å². The second kappa shape index (κ2) is 8.14. The van der Waals surface area contributed by atoms with Gasteiger partial charge in [0, 0.05) is 12.7 Å². The standard InChI is InChI=1S/C19H23FN6O3/c1-3-29-18(27)13-9-21-26(11-13)19-22-14-15(17(23-19)28-2)25(24-16(14)20)10-12-7-5-4-6-8-12/h9,11-12H,3-8,10H2,1-2H3. The maximum absolute atomic E-state index is 14.6. The van der Waals surface area contributed by atoms with E-state index in [-0.39, 0.29) is 29.5 Å². The lowest BCUT2D eigenvalue weighted by Gasteiger charge is -2.21. The molecule has 0 N–H and O–H groups in total. The van der Waals surface area contributed by atoms with Crippen LogP contribution in [-0.2, 0) is 11.3 Å². The molecule has 0 saturated heterocycles. The Morgan fingerprint density at radius 3 is 2.79 bits per heavy atom. The molecule has 29 heavy (non-hydrogen) atoms. The SMILES string of the molecule is CCOC(=O)c1cnn(-c2nc(OC)c3c(n2)c(F)nn3CC2CCCCC2)c1. The highest BCUT2D eigenvalue weighted by Gasteiger charge is 2.23. The van der Waals surface area contributed by atoms with E-state index in [0.29, 0.717) is 18.0 Å². The van der Waals surface area contributed by atoms with Gasteiger partial charge in [-0.25, -0.2) is 14.5 Å². The lowest BCUT2D eigenvalue weighted by molar-refractivity contribution is 0.0526. The van der Waals surface area contributed by atoms with Gasteiger partial charge in [0.1, 0.15) is 0 Å². The summed E-state index contributed by atoms with van der Waals surface area (Å²) in [4.78, 5) is 20.5. The second-order valence-corrected chi connectivity index (χ2v) is 7.10. The van der Waals surface area contributed by atoms with Crippen LogP contribution >= 0.6 is 0 Å². The number of rotatable bonds is 6. The Bertz CT molecular complexity index is 1020. The van der Waals surface area contributed by atoms with Crippen molar-refractivity contribution in [1.29, 1.82) is 0 Å². The van der Waals surface area contributed by atoms with Crippen LogP contribution in [0.15, 0.2) is 12.4 Å². The molecule has 1 aliphatic rings. The Kier molecular flexibility index (Phi) is 5.41. The van der Waals surface area contributed by atoms with E-state index in [1.54, 1.807) is 11.6 Å². The van der Waals surface area contributed by atoms with Crippen molar-refractivity contribution in [2.75, 3.05) is 13.7 Å². The minimum atomic E-state index is -0.685. The Labute approximate surface area is 166 Å². The molecule has 0 radical (unpaired) electrons. The highest BCUT2D eigenvalue weighted by atomic mass is 19.1. The Morgan fingerprint density at radius 2 is 2.07 bits per heavy atom. The molecule has 0 spiro atoms. The zero-order valence-electron chi connectivity index (χ0n) is 16.5. The van der Waals surface area contributed by atoms with E-state index < -0.39 is 11.9 Å². The lowest BCUT2D eigenvalue weighted by Crippen LogP contribution is -2.15. The molecule has 0 aromatic carbocycles. The minimum absolute atomic E-state index is 0.0656. The van der Waals surface area contributed by atoms with E-state index in [1.807, 2.05) is 0 Å². The number of methoxy groups -OCH3 is 1. The summed E-state index contributed by atoms with van der Waals surface area (Å²) in [5, 5.41) is 8.14. The molecule has 3 aromatic heterocycles. The van der Waals surface area contributed by atoms with Crippen LogP contribution in [0.1, 0.15) is 49.4 Å². The fraction of sp³-hybridized carbons (Fsp3) is 0.526. The summed E-state index contributed by atoms with van der Waals surface area (Å²) in [5.74, 6) is -0.436. The van der Waals surface area contributed by atoms with Gasteiger partial charge < -0.3 is 9.47 Å². The zero-order chi connectivity index (χ0) is 20.4. The molecule has 10 heteroatoms. The monoisotopic (exact) mass is 402 g/mol. The molecule has 9 nitrogen and oxygen atoms in total. The zero-order valence-corrected chi connectivity index (χ0v) is 16.5. The number of nitrogens with zero attached hydrogens (tertiary/aromatic N) is 6. The van der Waals surface area contributed by atoms with E-state index in [9.17, 15) is 9.18 Å².